The third kappa shape index (κ3) is 2.52. The normalized spacial score (nSPS) is 23.8. The minimum atomic E-state index is -0.0850. The summed E-state index contributed by atoms with van der Waals surface area (Å²) in [6.07, 6.45) is 3.53. The predicted octanol–water partition coefficient (Wildman–Crippen LogP) is 1.81. The lowest BCUT2D eigenvalue weighted by molar-refractivity contribution is -0.121. The third-order valence-electron chi connectivity index (χ3n) is 4.53. The lowest BCUT2D eigenvalue weighted by atomic mass is 9.76. The Kier molecular flexibility index (Phi) is 3.66. The average molecular weight is 274 g/mol. The molecular weight excluding hydrogens is 252 g/mol. The number of piperidine rings is 1. The molecule has 20 heavy (non-hydrogen) atoms. The molecule has 1 unspecified atom stereocenters. The zero-order valence-corrected chi connectivity index (χ0v) is 11.9. The van der Waals surface area contributed by atoms with Gasteiger partial charge in [0.15, 0.2) is 0 Å². The van der Waals surface area contributed by atoms with Crippen LogP contribution in [-0.4, -0.2) is 31.6 Å². The zero-order chi connectivity index (χ0) is 14.0. The largest absolute Gasteiger partial charge is 0.487 e. The SMILES string of the molecule is CNC(=O)CC1CC2(CCNCC2)Oc2ccccc21. The lowest BCUT2D eigenvalue weighted by Crippen LogP contribution is -2.49. The molecule has 1 saturated heterocycles. The topological polar surface area (TPSA) is 50.4 Å². The van der Waals surface area contributed by atoms with E-state index in [2.05, 4.69) is 16.7 Å². The molecule has 1 spiro atoms. The second-order valence-corrected chi connectivity index (χ2v) is 5.85. The van der Waals surface area contributed by atoms with E-state index < -0.39 is 0 Å². The van der Waals surface area contributed by atoms with Crippen LogP contribution in [0.15, 0.2) is 24.3 Å². The van der Waals surface area contributed by atoms with Crippen molar-refractivity contribution in [2.45, 2.75) is 37.2 Å². The van der Waals surface area contributed by atoms with Crippen LogP contribution in [0, 0.1) is 0 Å². The number of nitrogens with one attached hydrogen (secondary N) is 2. The molecule has 1 fully saturated rings. The molecule has 2 aliphatic rings. The number of amides is 1. The Bertz CT molecular complexity index is 495. The molecule has 2 heterocycles. The summed E-state index contributed by atoms with van der Waals surface area (Å²) in [5, 5.41) is 6.13. The van der Waals surface area contributed by atoms with E-state index in [1.807, 2.05) is 18.2 Å². The van der Waals surface area contributed by atoms with E-state index in [-0.39, 0.29) is 17.4 Å². The molecule has 1 atom stereocenters. The lowest BCUT2D eigenvalue weighted by Gasteiger charge is -2.44. The summed E-state index contributed by atoms with van der Waals surface area (Å²) >= 11 is 0. The summed E-state index contributed by atoms with van der Waals surface area (Å²) in [6, 6.07) is 8.17. The Balaban J connectivity index is 1.89. The van der Waals surface area contributed by atoms with Gasteiger partial charge in [0.2, 0.25) is 5.91 Å². The first-order valence-corrected chi connectivity index (χ1v) is 7.42. The summed E-state index contributed by atoms with van der Waals surface area (Å²) in [7, 11) is 1.70. The van der Waals surface area contributed by atoms with Crippen LogP contribution in [0.1, 0.15) is 37.2 Å². The summed E-state index contributed by atoms with van der Waals surface area (Å²) < 4.78 is 6.33. The van der Waals surface area contributed by atoms with Gasteiger partial charge in [0.05, 0.1) is 0 Å². The van der Waals surface area contributed by atoms with Crippen LogP contribution in [0.2, 0.25) is 0 Å². The van der Waals surface area contributed by atoms with Crippen molar-refractivity contribution in [3.8, 4) is 5.75 Å². The van der Waals surface area contributed by atoms with E-state index >= 15 is 0 Å². The number of benzene rings is 1. The highest BCUT2D eigenvalue weighted by molar-refractivity contribution is 5.76. The maximum Gasteiger partial charge on any atom is 0.220 e. The number of carbonyl (C=O) groups excluding carboxylic acids is 1. The Morgan fingerprint density at radius 3 is 2.90 bits per heavy atom. The van der Waals surface area contributed by atoms with Crippen LogP contribution in [0.5, 0.6) is 5.75 Å². The number of fused-ring (bicyclic) bond motifs is 1. The van der Waals surface area contributed by atoms with Crippen LogP contribution < -0.4 is 15.4 Å². The van der Waals surface area contributed by atoms with Gasteiger partial charge in [-0.05, 0) is 44.0 Å². The molecule has 0 saturated carbocycles. The average Bonchev–Trinajstić information content (AvgIpc) is 2.48. The second-order valence-electron chi connectivity index (χ2n) is 5.85. The Labute approximate surface area is 119 Å². The predicted molar refractivity (Wildman–Crippen MR) is 77.9 cm³/mol. The van der Waals surface area contributed by atoms with Crippen molar-refractivity contribution in [3.63, 3.8) is 0 Å². The van der Waals surface area contributed by atoms with Gasteiger partial charge in [0.1, 0.15) is 11.4 Å². The van der Waals surface area contributed by atoms with Gasteiger partial charge < -0.3 is 15.4 Å². The van der Waals surface area contributed by atoms with Crippen molar-refractivity contribution >= 4 is 5.91 Å². The van der Waals surface area contributed by atoms with E-state index in [0.717, 1.165) is 38.1 Å². The molecule has 0 radical (unpaired) electrons. The number of carbonyl (C=O) groups is 1. The molecule has 0 bridgehead atoms. The Hall–Kier alpha value is -1.55. The van der Waals surface area contributed by atoms with Crippen LogP contribution >= 0.6 is 0 Å². The van der Waals surface area contributed by atoms with Crippen LogP contribution in [0.3, 0.4) is 0 Å². The van der Waals surface area contributed by atoms with Crippen molar-refractivity contribution in [2.75, 3.05) is 20.1 Å². The number of ether oxygens (including phenoxy) is 1. The van der Waals surface area contributed by atoms with Gasteiger partial charge in [-0.15, -0.1) is 0 Å². The molecule has 3 rings (SSSR count). The molecule has 0 aromatic heterocycles. The quantitative estimate of drug-likeness (QED) is 0.865. The maximum absolute atomic E-state index is 11.8. The van der Waals surface area contributed by atoms with E-state index in [1.54, 1.807) is 7.05 Å². The molecule has 4 heteroatoms. The minimum absolute atomic E-state index is 0.0850. The van der Waals surface area contributed by atoms with Gasteiger partial charge in [0, 0.05) is 19.4 Å². The number of para-hydroxylation sites is 1. The highest BCUT2D eigenvalue weighted by Crippen LogP contribution is 2.45. The van der Waals surface area contributed by atoms with Gasteiger partial charge in [-0.2, -0.15) is 0 Å². The third-order valence-corrected chi connectivity index (χ3v) is 4.53. The smallest absolute Gasteiger partial charge is 0.220 e. The fourth-order valence-electron chi connectivity index (χ4n) is 3.44. The first-order valence-electron chi connectivity index (χ1n) is 7.42. The molecule has 1 aromatic rings. The first-order chi connectivity index (χ1) is 9.72. The second kappa shape index (κ2) is 5.44. The monoisotopic (exact) mass is 274 g/mol. The summed E-state index contributed by atoms with van der Waals surface area (Å²) in [5.74, 6) is 1.34. The van der Waals surface area contributed by atoms with Crippen LogP contribution in [0.4, 0.5) is 0 Å². The van der Waals surface area contributed by atoms with Crippen molar-refractivity contribution in [2.24, 2.45) is 0 Å². The number of hydrogen-bond acceptors (Lipinski definition) is 3. The van der Waals surface area contributed by atoms with Gasteiger partial charge in [-0.25, -0.2) is 0 Å². The number of rotatable bonds is 2. The standard InChI is InChI=1S/C16H22N2O2/c1-17-15(19)10-12-11-16(6-8-18-9-7-16)20-14-5-3-2-4-13(12)14/h2-5,12,18H,6-11H2,1H3,(H,17,19). The van der Waals surface area contributed by atoms with Gasteiger partial charge in [0.25, 0.3) is 0 Å². The molecule has 2 aliphatic heterocycles. The van der Waals surface area contributed by atoms with Crippen LogP contribution in [0.25, 0.3) is 0 Å². The van der Waals surface area contributed by atoms with E-state index in [0.29, 0.717) is 6.42 Å². The number of hydrogen-bond donors (Lipinski definition) is 2. The zero-order valence-electron chi connectivity index (χ0n) is 11.9. The summed E-state index contributed by atoms with van der Waals surface area (Å²) in [4.78, 5) is 11.8. The molecule has 2 N–H and O–H groups in total. The fraction of sp³-hybridized carbons (Fsp3) is 0.562. The molecular formula is C16H22N2O2. The molecule has 1 aromatic carbocycles. The molecule has 1 amide bonds. The Morgan fingerprint density at radius 2 is 2.15 bits per heavy atom. The van der Waals surface area contributed by atoms with Gasteiger partial charge >= 0.3 is 0 Å². The van der Waals surface area contributed by atoms with E-state index in [1.165, 1.54) is 5.56 Å². The highest BCUT2D eigenvalue weighted by atomic mass is 16.5. The maximum atomic E-state index is 11.8. The van der Waals surface area contributed by atoms with Gasteiger partial charge in [-0.1, -0.05) is 18.2 Å². The van der Waals surface area contributed by atoms with E-state index in [4.69, 9.17) is 4.74 Å². The molecule has 0 aliphatic carbocycles. The Morgan fingerprint density at radius 1 is 1.40 bits per heavy atom. The minimum Gasteiger partial charge on any atom is -0.487 e. The summed E-state index contributed by atoms with van der Waals surface area (Å²) in [6.45, 7) is 1.99. The van der Waals surface area contributed by atoms with Crippen molar-refractivity contribution in [1.82, 2.24) is 10.6 Å². The molecule has 108 valence electrons. The van der Waals surface area contributed by atoms with E-state index in [9.17, 15) is 4.79 Å². The van der Waals surface area contributed by atoms with Crippen molar-refractivity contribution < 1.29 is 9.53 Å². The highest BCUT2D eigenvalue weighted by Gasteiger charge is 2.42. The fourth-order valence-corrected chi connectivity index (χ4v) is 3.44. The van der Waals surface area contributed by atoms with Crippen LogP contribution in [-0.2, 0) is 4.79 Å². The van der Waals surface area contributed by atoms with Crippen molar-refractivity contribution in [3.05, 3.63) is 29.8 Å². The summed E-state index contributed by atoms with van der Waals surface area (Å²) in [5.41, 5.74) is 1.10. The van der Waals surface area contributed by atoms with Gasteiger partial charge in [-0.3, -0.25) is 4.79 Å². The molecule has 4 nitrogen and oxygen atoms in total. The first kappa shape index (κ1) is 13.4. The van der Waals surface area contributed by atoms with Crippen molar-refractivity contribution in [1.29, 1.82) is 0 Å².